The van der Waals surface area contributed by atoms with Gasteiger partial charge in [0.05, 0.1) is 0 Å². The van der Waals surface area contributed by atoms with E-state index in [1.807, 2.05) is 0 Å². The van der Waals surface area contributed by atoms with Gasteiger partial charge in [-0.3, -0.25) is 4.79 Å². The van der Waals surface area contributed by atoms with Crippen LogP contribution in [0.1, 0.15) is 18.4 Å². The van der Waals surface area contributed by atoms with Gasteiger partial charge in [-0.05, 0) is 30.5 Å². The maximum atomic E-state index is 13.2. The molecule has 0 spiro atoms. The Labute approximate surface area is 99.0 Å². The van der Waals surface area contributed by atoms with Crippen molar-refractivity contribution in [3.8, 4) is 0 Å². The van der Waals surface area contributed by atoms with Gasteiger partial charge in [-0.25, -0.2) is 4.39 Å². The van der Waals surface area contributed by atoms with Crippen molar-refractivity contribution in [3.05, 3.63) is 29.6 Å². The number of anilines is 1. The number of carbonyl (C=O) groups excluding carboxylic acids is 1. The SMILES string of the molecule is O=C1CCc2ccc(F)cc2N1CCCCl. The molecule has 4 heteroatoms. The van der Waals surface area contributed by atoms with Gasteiger partial charge in [0.25, 0.3) is 0 Å². The predicted molar refractivity (Wildman–Crippen MR) is 62.4 cm³/mol. The van der Waals surface area contributed by atoms with Crippen molar-refractivity contribution in [1.82, 2.24) is 0 Å². The van der Waals surface area contributed by atoms with Crippen LogP contribution in [0.25, 0.3) is 0 Å². The van der Waals surface area contributed by atoms with Gasteiger partial charge in [-0.2, -0.15) is 0 Å². The molecular formula is C12H13ClFNO. The summed E-state index contributed by atoms with van der Waals surface area (Å²) in [6, 6.07) is 4.62. The maximum Gasteiger partial charge on any atom is 0.227 e. The number of amides is 1. The van der Waals surface area contributed by atoms with Crippen molar-refractivity contribution in [2.45, 2.75) is 19.3 Å². The van der Waals surface area contributed by atoms with Gasteiger partial charge in [-0.15, -0.1) is 11.6 Å². The summed E-state index contributed by atoms with van der Waals surface area (Å²) in [6.45, 7) is 0.568. The molecule has 0 radical (unpaired) electrons. The molecule has 2 rings (SSSR count). The molecule has 86 valence electrons. The van der Waals surface area contributed by atoms with Crippen LogP contribution in [0.3, 0.4) is 0 Å². The number of aryl methyl sites for hydroxylation is 1. The minimum atomic E-state index is -0.302. The molecule has 0 bridgehead atoms. The Balaban J connectivity index is 2.31. The normalized spacial score (nSPS) is 15.1. The standard InChI is InChI=1S/C12H13ClFNO/c13-6-1-7-15-11-8-10(14)4-2-9(11)3-5-12(15)16/h2,4,8H,1,3,5-7H2. The summed E-state index contributed by atoms with van der Waals surface area (Å²) in [5.41, 5.74) is 1.75. The highest BCUT2D eigenvalue weighted by atomic mass is 35.5. The van der Waals surface area contributed by atoms with Crippen molar-refractivity contribution >= 4 is 23.2 Å². The van der Waals surface area contributed by atoms with Crippen molar-refractivity contribution in [2.24, 2.45) is 0 Å². The van der Waals surface area contributed by atoms with E-state index in [4.69, 9.17) is 11.6 Å². The second-order valence-electron chi connectivity index (χ2n) is 3.86. The molecule has 2 nitrogen and oxygen atoms in total. The van der Waals surface area contributed by atoms with E-state index in [2.05, 4.69) is 0 Å². The van der Waals surface area contributed by atoms with Crippen LogP contribution in [0.2, 0.25) is 0 Å². The van der Waals surface area contributed by atoms with Crippen LogP contribution in [-0.2, 0) is 11.2 Å². The Hall–Kier alpha value is -1.09. The fraction of sp³-hybridized carbons (Fsp3) is 0.417. The number of nitrogens with zero attached hydrogens (tertiary/aromatic N) is 1. The van der Waals surface area contributed by atoms with E-state index in [-0.39, 0.29) is 11.7 Å². The number of carbonyl (C=O) groups is 1. The Morgan fingerprint density at radius 3 is 2.94 bits per heavy atom. The largest absolute Gasteiger partial charge is 0.312 e. The van der Waals surface area contributed by atoms with E-state index in [1.54, 1.807) is 11.0 Å². The Morgan fingerprint density at radius 1 is 1.38 bits per heavy atom. The first-order valence-corrected chi connectivity index (χ1v) is 5.90. The summed E-state index contributed by atoms with van der Waals surface area (Å²) in [4.78, 5) is 13.4. The van der Waals surface area contributed by atoms with Crippen LogP contribution in [0.15, 0.2) is 18.2 Å². The third kappa shape index (κ3) is 2.19. The van der Waals surface area contributed by atoms with Gasteiger partial charge < -0.3 is 4.90 Å². The van der Waals surface area contributed by atoms with E-state index in [1.165, 1.54) is 12.1 Å². The monoisotopic (exact) mass is 241 g/mol. The molecule has 0 saturated heterocycles. The van der Waals surface area contributed by atoms with Crippen LogP contribution < -0.4 is 4.90 Å². The third-order valence-electron chi connectivity index (χ3n) is 2.76. The number of hydrogen-bond acceptors (Lipinski definition) is 1. The minimum absolute atomic E-state index is 0.0585. The van der Waals surface area contributed by atoms with Crippen LogP contribution in [0.5, 0.6) is 0 Å². The second kappa shape index (κ2) is 4.83. The summed E-state index contributed by atoms with van der Waals surface area (Å²) in [5.74, 6) is 0.265. The molecule has 0 unspecified atom stereocenters. The topological polar surface area (TPSA) is 20.3 Å². The zero-order valence-corrected chi connectivity index (χ0v) is 9.63. The van der Waals surface area contributed by atoms with E-state index in [0.29, 0.717) is 31.0 Å². The highest BCUT2D eigenvalue weighted by molar-refractivity contribution is 6.17. The molecule has 0 atom stereocenters. The van der Waals surface area contributed by atoms with E-state index < -0.39 is 0 Å². The summed E-state index contributed by atoms with van der Waals surface area (Å²) < 4.78 is 13.2. The predicted octanol–water partition coefficient (Wildman–Crippen LogP) is 2.73. The zero-order valence-electron chi connectivity index (χ0n) is 8.88. The minimum Gasteiger partial charge on any atom is -0.312 e. The number of alkyl halides is 1. The molecule has 0 saturated carbocycles. The van der Waals surface area contributed by atoms with Crippen LogP contribution >= 0.6 is 11.6 Å². The maximum absolute atomic E-state index is 13.2. The van der Waals surface area contributed by atoms with Crippen molar-refractivity contribution < 1.29 is 9.18 Å². The fourth-order valence-corrected chi connectivity index (χ4v) is 2.09. The lowest BCUT2D eigenvalue weighted by Gasteiger charge is -2.29. The van der Waals surface area contributed by atoms with Gasteiger partial charge in [0.1, 0.15) is 5.82 Å². The zero-order chi connectivity index (χ0) is 11.5. The third-order valence-corrected chi connectivity index (χ3v) is 3.03. The highest BCUT2D eigenvalue weighted by Gasteiger charge is 2.23. The molecule has 1 aliphatic rings. The van der Waals surface area contributed by atoms with E-state index in [0.717, 1.165) is 12.0 Å². The first-order chi connectivity index (χ1) is 7.72. The summed E-state index contributed by atoms with van der Waals surface area (Å²) in [6.07, 6.45) is 1.93. The van der Waals surface area contributed by atoms with Gasteiger partial charge in [0.2, 0.25) is 5.91 Å². The van der Waals surface area contributed by atoms with Gasteiger partial charge in [0, 0.05) is 24.5 Å². The van der Waals surface area contributed by atoms with Gasteiger partial charge in [-0.1, -0.05) is 6.07 Å². The first-order valence-electron chi connectivity index (χ1n) is 5.37. The smallest absolute Gasteiger partial charge is 0.227 e. The molecule has 1 aliphatic heterocycles. The molecule has 1 amide bonds. The van der Waals surface area contributed by atoms with Crippen molar-refractivity contribution in [3.63, 3.8) is 0 Å². The number of fused-ring (bicyclic) bond motifs is 1. The summed E-state index contributed by atoms with van der Waals surface area (Å²) in [5, 5.41) is 0. The lowest BCUT2D eigenvalue weighted by molar-refractivity contribution is -0.118. The molecule has 16 heavy (non-hydrogen) atoms. The summed E-state index contributed by atoms with van der Waals surface area (Å²) >= 11 is 5.61. The molecule has 0 aromatic heterocycles. The fourth-order valence-electron chi connectivity index (χ4n) is 1.97. The summed E-state index contributed by atoms with van der Waals surface area (Å²) in [7, 11) is 0. The average molecular weight is 242 g/mol. The highest BCUT2D eigenvalue weighted by Crippen LogP contribution is 2.28. The number of halogens is 2. The Morgan fingerprint density at radius 2 is 2.19 bits per heavy atom. The van der Waals surface area contributed by atoms with E-state index >= 15 is 0 Å². The average Bonchev–Trinajstić information content (AvgIpc) is 2.28. The van der Waals surface area contributed by atoms with Gasteiger partial charge >= 0.3 is 0 Å². The quantitative estimate of drug-likeness (QED) is 0.746. The number of rotatable bonds is 3. The first kappa shape index (κ1) is 11.4. The molecule has 0 aliphatic carbocycles. The van der Waals surface area contributed by atoms with Crippen molar-refractivity contribution in [1.29, 1.82) is 0 Å². The molecular weight excluding hydrogens is 229 g/mol. The molecule has 1 aromatic carbocycles. The number of hydrogen-bond donors (Lipinski definition) is 0. The van der Waals surface area contributed by atoms with Crippen LogP contribution in [-0.4, -0.2) is 18.3 Å². The van der Waals surface area contributed by atoms with Crippen LogP contribution in [0.4, 0.5) is 10.1 Å². The Bertz CT molecular complexity index is 408. The van der Waals surface area contributed by atoms with Crippen LogP contribution in [0, 0.1) is 5.82 Å². The molecule has 1 aromatic rings. The van der Waals surface area contributed by atoms with E-state index in [9.17, 15) is 9.18 Å². The van der Waals surface area contributed by atoms with Gasteiger partial charge in [0.15, 0.2) is 0 Å². The lowest BCUT2D eigenvalue weighted by Crippen LogP contribution is -2.36. The molecule has 1 heterocycles. The Kier molecular flexibility index (Phi) is 3.44. The molecule has 0 fully saturated rings. The lowest BCUT2D eigenvalue weighted by atomic mass is 10.0. The van der Waals surface area contributed by atoms with Crippen molar-refractivity contribution in [2.75, 3.05) is 17.3 Å². The second-order valence-corrected chi connectivity index (χ2v) is 4.24. The number of benzene rings is 1. The molecule has 0 N–H and O–H groups in total.